The summed E-state index contributed by atoms with van der Waals surface area (Å²) in [5.41, 5.74) is 2.10. The average molecular weight is 437 g/mol. The molecule has 2 N–H and O–H groups in total. The van der Waals surface area contributed by atoms with E-state index in [2.05, 4.69) is 15.3 Å². The number of nitrogens with one attached hydrogen (secondary N) is 2. The second-order valence-corrected chi connectivity index (χ2v) is 8.56. The van der Waals surface area contributed by atoms with Crippen LogP contribution in [0, 0.1) is 5.92 Å². The van der Waals surface area contributed by atoms with Gasteiger partial charge in [-0.05, 0) is 24.6 Å². The Kier molecular flexibility index (Phi) is 5.66. The van der Waals surface area contributed by atoms with Crippen LogP contribution in [0.2, 0.25) is 5.02 Å². The maximum absolute atomic E-state index is 12.5. The Bertz CT molecular complexity index is 995. The molecule has 28 heavy (non-hydrogen) atoms. The zero-order valence-electron chi connectivity index (χ0n) is 14.9. The topological polar surface area (TPSA) is 78.1 Å². The Balaban J connectivity index is 1.37. The van der Waals surface area contributed by atoms with Crippen molar-refractivity contribution in [3.05, 3.63) is 51.8 Å². The van der Waals surface area contributed by atoms with E-state index in [9.17, 15) is 9.59 Å². The lowest BCUT2D eigenvalue weighted by molar-refractivity contribution is -0.126. The van der Waals surface area contributed by atoms with Gasteiger partial charge in [-0.15, -0.1) is 11.8 Å². The molecule has 9 heteroatoms. The van der Waals surface area contributed by atoms with Crippen molar-refractivity contribution in [2.24, 2.45) is 5.92 Å². The van der Waals surface area contributed by atoms with Crippen molar-refractivity contribution in [1.29, 1.82) is 0 Å². The Morgan fingerprint density at radius 2 is 2.21 bits per heavy atom. The molecule has 2 amide bonds. The Labute approximate surface area is 176 Å². The van der Waals surface area contributed by atoms with Gasteiger partial charge < -0.3 is 15.2 Å². The largest absolute Gasteiger partial charge is 0.348 e. The quantitative estimate of drug-likeness (QED) is 0.769. The highest BCUT2D eigenvalue weighted by Crippen LogP contribution is 2.29. The number of carbonyl (C=O) groups excluding carboxylic acids is 2. The third-order valence-corrected chi connectivity index (χ3v) is 6.24. The van der Waals surface area contributed by atoms with E-state index in [0.717, 1.165) is 23.3 Å². The number of rotatable bonds is 4. The van der Waals surface area contributed by atoms with Gasteiger partial charge in [-0.2, -0.15) is 0 Å². The summed E-state index contributed by atoms with van der Waals surface area (Å²) in [7, 11) is 0. The number of hydrogen-bond donors (Lipinski definition) is 2. The first-order valence-electron chi connectivity index (χ1n) is 8.88. The summed E-state index contributed by atoms with van der Waals surface area (Å²) in [6.07, 6.45) is 3.87. The second kappa shape index (κ2) is 8.19. The molecular formula is C19H18Cl2N4O2S. The van der Waals surface area contributed by atoms with Gasteiger partial charge in [0.05, 0.1) is 34.9 Å². The molecular weight excluding hydrogens is 419 g/mol. The molecule has 0 radical (unpaired) electrons. The molecule has 4 rings (SSSR count). The maximum Gasteiger partial charge on any atom is 0.255 e. The van der Waals surface area contributed by atoms with Crippen LogP contribution >= 0.6 is 35.0 Å². The van der Waals surface area contributed by atoms with Crippen molar-refractivity contribution in [2.45, 2.75) is 13.0 Å². The first-order valence-corrected chi connectivity index (χ1v) is 10.8. The first kappa shape index (κ1) is 19.4. The van der Waals surface area contributed by atoms with Gasteiger partial charge >= 0.3 is 0 Å². The fourth-order valence-corrected chi connectivity index (χ4v) is 4.64. The van der Waals surface area contributed by atoms with E-state index in [1.807, 2.05) is 6.07 Å². The van der Waals surface area contributed by atoms with E-state index < -0.39 is 5.92 Å². The number of aromatic nitrogens is 2. The highest BCUT2D eigenvalue weighted by molar-refractivity contribution is 7.99. The van der Waals surface area contributed by atoms with Crippen LogP contribution in [-0.4, -0.2) is 44.9 Å². The molecule has 1 fully saturated rings. The van der Waals surface area contributed by atoms with Crippen LogP contribution in [0.25, 0.3) is 11.0 Å². The fraction of sp³-hybridized carbons (Fsp3) is 0.316. The van der Waals surface area contributed by atoms with Gasteiger partial charge in [0.1, 0.15) is 5.82 Å². The lowest BCUT2D eigenvalue weighted by atomic mass is 9.95. The van der Waals surface area contributed by atoms with Gasteiger partial charge in [0, 0.05) is 22.4 Å². The van der Waals surface area contributed by atoms with Crippen LogP contribution in [-0.2, 0) is 16.1 Å². The van der Waals surface area contributed by atoms with Crippen LogP contribution in [0.1, 0.15) is 12.2 Å². The zero-order chi connectivity index (χ0) is 19.7. The average Bonchev–Trinajstić information content (AvgIpc) is 3.34. The molecule has 1 aliphatic carbocycles. The molecule has 1 aliphatic heterocycles. The predicted octanol–water partition coefficient (Wildman–Crippen LogP) is 3.43. The fourth-order valence-electron chi connectivity index (χ4n) is 3.21. The zero-order valence-corrected chi connectivity index (χ0v) is 17.2. The van der Waals surface area contributed by atoms with E-state index >= 15 is 0 Å². The number of benzene rings is 1. The van der Waals surface area contributed by atoms with Gasteiger partial charge in [0.25, 0.3) is 5.91 Å². The molecule has 1 aromatic heterocycles. The number of halogens is 2. The standard InChI is InChI=1S/C19H18Cl2N4O2S/c20-12-2-4-15-16(8-12)24-17(23-15)9-22-18(26)11-1-3-13(14(21)7-11)19(27)25-5-6-28-10-25/h2-4,7-8,11H,1,5-6,9-10H2,(H,22,26)(H,23,24). The second-order valence-electron chi connectivity index (χ2n) is 6.64. The summed E-state index contributed by atoms with van der Waals surface area (Å²) < 4.78 is 0. The Morgan fingerprint density at radius 3 is 2.96 bits per heavy atom. The van der Waals surface area contributed by atoms with Crippen LogP contribution in [0.5, 0.6) is 0 Å². The number of carbonyl (C=O) groups is 2. The summed E-state index contributed by atoms with van der Waals surface area (Å²) in [6.45, 7) is 1.01. The number of allylic oxidation sites excluding steroid dienone is 1. The molecule has 0 bridgehead atoms. The van der Waals surface area contributed by atoms with Crippen LogP contribution in [0.4, 0.5) is 0 Å². The lowest BCUT2D eigenvalue weighted by Crippen LogP contribution is -2.33. The van der Waals surface area contributed by atoms with Gasteiger partial charge in [0.15, 0.2) is 0 Å². The third-order valence-electron chi connectivity index (χ3n) is 4.71. The number of amides is 2. The van der Waals surface area contributed by atoms with Gasteiger partial charge in [0.2, 0.25) is 5.91 Å². The summed E-state index contributed by atoms with van der Waals surface area (Å²) >= 11 is 14.0. The summed E-state index contributed by atoms with van der Waals surface area (Å²) in [5, 5.41) is 3.83. The van der Waals surface area contributed by atoms with Crippen LogP contribution < -0.4 is 5.32 Å². The monoisotopic (exact) mass is 436 g/mol. The van der Waals surface area contributed by atoms with E-state index in [1.165, 1.54) is 0 Å². The number of imidazole rings is 1. The number of aromatic amines is 1. The van der Waals surface area contributed by atoms with Crippen LogP contribution in [0.3, 0.4) is 0 Å². The van der Waals surface area contributed by atoms with Crippen LogP contribution in [0.15, 0.2) is 41.0 Å². The molecule has 1 unspecified atom stereocenters. The number of fused-ring (bicyclic) bond motifs is 1. The minimum Gasteiger partial charge on any atom is -0.348 e. The van der Waals surface area contributed by atoms with Crippen molar-refractivity contribution in [3.8, 4) is 0 Å². The van der Waals surface area contributed by atoms with E-state index in [4.69, 9.17) is 23.2 Å². The van der Waals surface area contributed by atoms with E-state index in [0.29, 0.717) is 33.8 Å². The molecule has 2 aliphatic rings. The molecule has 2 aromatic rings. The Morgan fingerprint density at radius 1 is 1.36 bits per heavy atom. The normalized spacial score (nSPS) is 19.5. The number of hydrogen-bond acceptors (Lipinski definition) is 4. The van der Waals surface area contributed by atoms with E-state index in [-0.39, 0.29) is 18.4 Å². The van der Waals surface area contributed by atoms with E-state index in [1.54, 1.807) is 40.9 Å². The summed E-state index contributed by atoms with van der Waals surface area (Å²) in [4.78, 5) is 34.4. The summed E-state index contributed by atoms with van der Waals surface area (Å²) in [5.74, 6) is 1.65. The molecule has 1 saturated heterocycles. The predicted molar refractivity (Wildman–Crippen MR) is 112 cm³/mol. The Hall–Kier alpha value is -1.96. The van der Waals surface area contributed by atoms with Crippen molar-refractivity contribution >= 4 is 57.8 Å². The SMILES string of the molecule is O=C(NCc1nc2ccc(Cl)cc2[nH]1)C1C=C(Cl)C(C(=O)N2CCSC2)=CC1. The molecule has 146 valence electrons. The number of H-pyrrole nitrogens is 1. The van der Waals surface area contributed by atoms with Gasteiger partial charge in [-0.25, -0.2) is 4.98 Å². The minimum absolute atomic E-state index is 0.0638. The van der Waals surface area contributed by atoms with Crippen molar-refractivity contribution in [2.75, 3.05) is 18.2 Å². The molecule has 0 spiro atoms. The highest BCUT2D eigenvalue weighted by atomic mass is 35.5. The van der Waals surface area contributed by atoms with Gasteiger partial charge in [-0.1, -0.05) is 35.4 Å². The van der Waals surface area contributed by atoms with Gasteiger partial charge in [-0.3, -0.25) is 9.59 Å². The minimum atomic E-state index is -0.407. The lowest BCUT2D eigenvalue weighted by Gasteiger charge is -2.21. The molecule has 0 saturated carbocycles. The molecule has 2 heterocycles. The molecule has 6 nitrogen and oxygen atoms in total. The third kappa shape index (κ3) is 4.06. The molecule has 1 atom stereocenters. The highest BCUT2D eigenvalue weighted by Gasteiger charge is 2.28. The number of thioether (sulfide) groups is 1. The summed E-state index contributed by atoms with van der Waals surface area (Å²) in [6, 6.07) is 5.39. The van der Waals surface area contributed by atoms with Crippen molar-refractivity contribution in [3.63, 3.8) is 0 Å². The first-order chi connectivity index (χ1) is 13.5. The van der Waals surface area contributed by atoms with Crippen molar-refractivity contribution < 1.29 is 9.59 Å². The van der Waals surface area contributed by atoms with Crippen molar-refractivity contribution in [1.82, 2.24) is 20.2 Å². The number of nitrogens with zero attached hydrogens (tertiary/aromatic N) is 2. The maximum atomic E-state index is 12.5. The smallest absolute Gasteiger partial charge is 0.255 e. The molecule has 1 aromatic carbocycles.